The van der Waals surface area contributed by atoms with Crippen molar-refractivity contribution in [3.05, 3.63) is 0 Å². The lowest BCUT2D eigenvalue weighted by Crippen LogP contribution is -2.32. The van der Waals surface area contributed by atoms with E-state index in [0.717, 1.165) is 6.54 Å². The zero-order valence-electron chi connectivity index (χ0n) is 14.4. The van der Waals surface area contributed by atoms with Crippen LogP contribution in [0.15, 0.2) is 0 Å². The number of aliphatic hydroxyl groups is 1. The Balaban J connectivity index is 3.19. The largest absolute Gasteiger partial charge is 0.389 e. The smallest absolute Gasteiger partial charge is 0.0897 e. The van der Waals surface area contributed by atoms with Crippen molar-refractivity contribution < 1.29 is 14.6 Å². The van der Waals surface area contributed by atoms with Gasteiger partial charge in [-0.05, 0) is 19.9 Å². The summed E-state index contributed by atoms with van der Waals surface area (Å²) in [4.78, 5) is 0. The highest BCUT2D eigenvalue weighted by Crippen LogP contribution is 2.07. The van der Waals surface area contributed by atoms with Crippen LogP contribution in [0.3, 0.4) is 0 Å². The quantitative estimate of drug-likeness (QED) is 0.430. The van der Waals surface area contributed by atoms with Crippen LogP contribution in [0, 0.1) is 0 Å². The summed E-state index contributed by atoms with van der Waals surface area (Å²) < 4.78 is 10.5. The molecule has 0 aliphatic rings. The Bertz CT molecular complexity index is 202. The van der Waals surface area contributed by atoms with Crippen molar-refractivity contribution in [3.8, 4) is 0 Å². The van der Waals surface area contributed by atoms with E-state index in [1.807, 2.05) is 6.92 Å². The fourth-order valence-electron chi connectivity index (χ4n) is 2.27. The van der Waals surface area contributed by atoms with Gasteiger partial charge < -0.3 is 19.9 Å². The van der Waals surface area contributed by atoms with Crippen LogP contribution in [-0.2, 0) is 9.47 Å². The van der Waals surface area contributed by atoms with Gasteiger partial charge in [-0.2, -0.15) is 0 Å². The van der Waals surface area contributed by atoms with Crippen LogP contribution in [-0.4, -0.2) is 50.7 Å². The first-order valence-electron chi connectivity index (χ1n) is 8.70. The van der Waals surface area contributed by atoms with Crippen LogP contribution < -0.4 is 5.32 Å². The van der Waals surface area contributed by atoms with Crippen LogP contribution in [0.2, 0.25) is 0 Å². The van der Waals surface area contributed by atoms with Crippen LogP contribution in [0.25, 0.3) is 0 Å². The molecule has 2 unspecified atom stereocenters. The Kier molecular flexibility index (Phi) is 16.1. The number of ether oxygens (including phenoxy) is 2. The first-order chi connectivity index (χ1) is 10.2. The minimum atomic E-state index is -0.432. The number of unbranched alkanes of at least 4 members (excludes halogenated alkanes) is 7. The van der Waals surface area contributed by atoms with Gasteiger partial charge in [-0.1, -0.05) is 51.9 Å². The first kappa shape index (κ1) is 20.8. The maximum Gasteiger partial charge on any atom is 0.0897 e. The summed E-state index contributed by atoms with van der Waals surface area (Å²) in [6.07, 6.45) is 10.3. The molecular weight excluding hydrogens is 266 g/mol. The summed E-state index contributed by atoms with van der Waals surface area (Å²) in [7, 11) is 1.65. The molecule has 0 radical (unpaired) electrons. The number of rotatable bonds is 16. The Morgan fingerprint density at radius 1 is 0.952 bits per heavy atom. The molecule has 0 saturated carbocycles. The van der Waals surface area contributed by atoms with Gasteiger partial charge >= 0.3 is 0 Å². The molecular formula is C17H37NO3. The molecule has 0 fully saturated rings. The van der Waals surface area contributed by atoms with Gasteiger partial charge in [0, 0.05) is 13.7 Å². The minimum Gasteiger partial charge on any atom is -0.389 e. The molecule has 4 heteroatoms. The van der Waals surface area contributed by atoms with Gasteiger partial charge in [-0.25, -0.2) is 0 Å². The van der Waals surface area contributed by atoms with E-state index in [9.17, 15) is 5.11 Å². The van der Waals surface area contributed by atoms with Crippen molar-refractivity contribution in [1.29, 1.82) is 0 Å². The maximum atomic E-state index is 9.76. The third-order valence-corrected chi connectivity index (χ3v) is 3.56. The van der Waals surface area contributed by atoms with E-state index in [4.69, 9.17) is 9.47 Å². The Hall–Kier alpha value is -0.160. The van der Waals surface area contributed by atoms with E-state index in [1.54, 1.807) is 7.11 Å². The highest BCUT2D eigenvalue weighted by atomic mass is 16.5. The van der Waals surface area contributed by atoms with Crippen molar-refractivity contribution in [3.63, 3.8) is 0 Å². The summed E-state index contributed by atoms with van der Waals surface area (Å²) in [5, 5.41) is 13.1. The summed E-state index contributed by atoms with van der Waals surface area (Å²) in [5.41, 5.74) is 0. The molecule has 0 aromatic carbocycles. The maximum absolute atomic E-state index is 9.76. The highest BCUT2D eigenvalue weighted by Gasteiger charge is 2.07. The van der Waals surface area contributed by atoms with Crippen molar-refractivity contribution in [2.45, 2.75) is 77.4 Å². The zero-order chi connectivity index (χ0) is 15.8. The van der Waals surface area contributed by atoms with Crippen molar-refractivity contribution in [2.75, 3.05) is 33.4 Å². The average molecular weight is 303 g/mol. The summed E-state index contributed by atoms with van der Waals surface area (Å²) >= 11 is 0. The third kappa shape index (κ3) is 16.0. The van der Waals surface area contributed by atoms with Crippen molar-refractivity contribution in [2.24, 2.45) is 0 Å². The Morgan fingerprint density at radius 3 is 2.19 bits per heavy atom. The Labute approximate surface area is 131 Å². The molecule has 0 aromatic heterocycles. The topological polar surface area (TPSA) is 50.7 Å². The normalized spacial score (nSPS) is 14.3. The van der Waals surface area contributed by atoms with Crippen LogP contribution in [0.4, 0.5) is 0 Å². The van der Waals surface area contributed by atoms with E-state index in [1.165, 1.54) is 51.4 Å². The minimum absolute atomic E-state index is 0.0392. The van der Waals surface area contributed by atoms with Crippen LogP contribution in [0.1, 0.15) is 65.2 Å². The van der Waals surface area contributed by atoms with E-state index in [0.29, 0.717) is 19.8 Å². The summed E-state index contributed by atoms with van der Waals surface area (Å²) in [5.74, 6) is 0. The lowest BCUT2D eigenvalue weighted by Gasteiger charge is -2.16. The molecule has 0 heterocycles. The average Bonchev–Trinajstić information content (AvgIpc) is 2.47. The molecule has 0 aliphatic heterocycles. The molecule has 2 N–H and O–H groups in total. The number of aliphatic hydroxyl groups excluding tert-OH is 1. The van der Waals surface area contributed by atoms with Gasteiger partial charge in [0.05, 0.1) is 25.4 Å². The molecule has 0 rings (SSSR count). The van der Waals surface area contributed by atoms with Gasteiger partial charge in [0.2, 0.25) is 0 Å². The first-order valence-corrected chi connectivity index (χ1v) is 8.70. The molecule has 4 nitrogen and oxygen atoms in total. The summed E-state index contributed by atoms with van der Waals surface area (Å²) in [6, 6.07) is 0. The number of hydrogen-bond acceptors (Lipinski definition) is 4. The van der Waals surface area contributed by atoms with E-state index >= 15 is 0 Å². The molecule has 0 aromatic rings. The summed E-state index contributed by atoms with van der Waals surface area (Å²) in [6.45, 7) is 6.73. The van der Waals surface area contributed by atoms with Gasteiger partial charge in [-0.3, -0.25) is 0 Å². The molecule has 0 bridgehead atoms. The number of nitrogens with one attached hydrogen (secondary N) is 1. The molecule has 0 amide bonds. The third-order valence-electron chi connectivity index (χ3n) is 3.56. The second kappa shape index (κ2) is 16.2. The van der Waals surface area contributed by atoms with Gasteiger partial charge in [0.15, 0.2) is 0 Å². The lowest BCUT2D eigenvalue weighted by molar-refractivity contribution is -0.0310. The molecule has 0 spiro atoms. The molecule has 2 atom stereocenters. The van der Waals surface area contributed by atoms with Gasteiger partial charge in [-0.15, -0.1) is 0 Å². The Morgan fingerprint density at radius 2 is 1.57 bits per heavy atom. The zero-order valence-corrected chi connectivity index (χ0v) is 14.4. The van der Waals surface area contributed by atoms with Crippen LogP contribution in [0.5, 0.6) is 0 Å². The fraction of sp³-hybridized carbons (Fsp3) is 1.00. The molecule has 0 aliphatic carbocycles. The van der Waals surface area contributed by atoms with E-state index in [2.05, 4.69) is 12.2 Å². The standard InChI is InChI=1S/C17H37NO3/c1-4-5-6-7-8-9-10-11-12-18-13-17(19)15-21-16(2)14-20-3/h16-19H,4-15H2,1-3H3. The van der Waals surface area contributed by atoms with Crippen molar-refractivity contribution in [1.82, 2.24) is 5.32 Å². The predicted molar refractivity (Wildman–Crippen MR) is 88.8 cm³/mol. The van der Waals surface area contributed by atoms with Crippen LogP contribution >= 0.6 is 0 Å². The number of methoxy groups -OCH3 is 1. The highest BCUT2D eigenvalue weighted by molar-refractivity contribution is 4.60. The van der Waals surface area contributed by atoms with Gasteiger partial charge in [0.1, 0.15) is 0 Å². The molecule has 128 valence electrons. The number of hydrogen-bond donors (Lipinski definition) is 2. The monoisotopic (exact) mass is 303 g/mol. The molecule has 21 heavy (non-hydrogen) atoms. The second-order valence-electron chi connectivity index (χ2n) is 5.93. The lowest BCUT2D eigenvalue weighted by atomic mass is 10.1. The predicted octanol–water partition coefficient (Wildman–Crippen LogP) is 3.13. The van der Waals surface area contributed by atoms with E-state index < -0.39 is 6.10 Å². The fourth-order valence-corrected chi connectivity index (χ4v) is 2.27. The van der Waals surface area contributed by atoms with Crippen molar-refractivity contribution >= 4 is 0 Å². The SMILES string of the molecule is CCCCCCCCCCNCC(O)COC(C)COC. The molecule has 0 saturated heterocycles. The van der Waals surface area contributed by atoms with E-state index in [-0.39, 0.29) is 6.10 Å². The second-order valence-corrected chi connectivity index (χ2v) is 5.93. The van der Waals surface area contributed by atoms with Gasteiger partial charge in [0.25, 0.3) is 0 Å².